The van der Waals surface area contributed by atoms with Gasteiger partial charge in [0.15, 0.2) is 0 Å². The fourth-order valence-electron chi connectivity index (χ4n) is 2.81. The summed E-state index contributed by atoms with van der Waals surface area (Å²) in [5.74, 6) is 1.65. The number of hydrogen-bond donors (Lipinski definition) is 2. The Labute approximate surface area is 102 Å². The molecule has 2 N–H and O–H groups in total. The number of hydrogen-bond acceptors (Lipinski definition) is 3. The normalized spacial score (nSPS) is 33.8. The summed E-state index contributed by atoms with van der Waals surface area (Å²) in [5, 5.41) is 6.52. The van der Waals surface area contributed by atoms with Gasteiger partial charge in [-0.05, 0) is 44.4 Å². The van der Waals surface area contributed by atoms with Gasteiger partial charge in [-0.15, -0.1) is 0 Å². The van der Waals surface area contributed by atoms with Crippen molar-refractivity contribution in [1.82, 2.24) is 10.6 Å². The number of carbonyl (C=O) groups is 1. The van der Waals surface area contributed by atoms with Crippen molar-refractivity contribution in [2.24, 2.45) is 11.8 Å². The molecular weight excluding hydrogens is 216 g/mol. The van der Waals surface area contributed by atoms with E-state index in [-0.39, 0.29) is 18.1 Å². The van der Waals surface area contributed by atoms with Crippen molar-refractivity contribution < 1.29 is 9.53 Å². The molecular formula is C13H22N2O2. The van der Waals surface area contributed by atoms with Crippen LogP contribution in [0.15, 0.2) is 0 Å². The Balaban J connectivity index is 1.57. The number of ether oxygens (including phenoxy) is 1. The zero-order valence-corrected chi connectivity index (χ0v) is 10.4. The fraction of sp³-hybridized carbons (Fsp3) is 0.923. The van der Waals surface area contributed by atoms with Gasteiger partial charge < -0.3 is 15.4 Å². The zero-order valence-electron chi connectivity index (χ0n) is 10.4. The molecule has 0 aromatic carbocycles. The van der Waals surface area contributed by atoms with Crippen LogP contribution in [0.3, 0.4) is 0 Å². The Bertz CT molecular complexity index is 288. The summed E-state index contributed by atoms with van der Waals surface area (Å²) in [6.45, 7) is 3.46. The number of morpholine rings is 1. The standard InChI is InChI=1S/C13H22N2O2/c1-8-11(14-6-7-17-8)13(16)15-12(9-2-3-9)10-4-5-10/h8-12,14H,2-7H2,1H3,(H,15,16)/t8-,11+/m1/s1. The average Bonchev–Trinajstić information content (AvgIpc) is 3.16. The maximum absolute atomic E-state index is 12.2. The van der Waals surface area contributed by atoms with Gasteiger partial charge in [-0.3, -0.25) is 4.79 Å². The van der Waals surface area contributed by atoms with Gasteiger partial charge in [-0.2, -0.15) is 0 Å². The third-order valence-electron chi connectivity index (χ3n) is 4.17. The summed E-state index contributed by atoms with van der Waals surface area (Å²) >= 11 is 0. The molecule has 0 radical (unpaired) electrons. The topological polar surface area (TPSA) is 50.4 Å². The van der Waals surface area contributed by atoms with Gasteiger partial charge in [0.25, 0.3) is 0 Å². The lowest BCUT2D eigenvalue weighted by molar-refractivity contribution is -0.130. The quantitative estimate of drug-likeness (QED) is 0.757. The molecule has 1 amide bonds. The molecule has 1 saturated heterocycles. The molecule has 0 aromatic heterocycles. The van der Waals surface area contributed by atoms with Crippen molar-refractivity contribution >= 4 is 5.91 Å². The Hall–Kier alpha value is -0.610. The summed E-state index contributed by atoms with van der Waals surface area (Å²) in [7, 11) is 0. The van der Waals surface area contributed by atoms with Crippen molar-refractivity contribution in [3.63, 3.8) is 0 Å². The van der Waals surface area contributed by atoms with Crippen molar-refractivity contribution in [3.8, 4) is 0 Å². The van der Waals surface area contributed by atoms with E-state index in [2.05, 4.69) is 10.6 Å². The highest BCUT2D eigenvalue weighted by Gasteiger charge is 2.43. The third kappa shape index (κ3) is 2.63. The van der Waals surface area contributed by atoms with Crippen molar-refractivity contribution in [2.45, 2.75) is 50.8 Å². The Kier molecular flexibility index (Phi) is 3.09. The first-order valence-electron chi connectivity index (χ1n) is 6.91. The molecule has 3 fully saturated rings. The minimum Gasteiger partial charge on any atom is -0.375 e. The molecule has 0 unspecified atom stereocenters. The molecule has 3 rings (SSSR count). The van der Waals surface area contributed by atoms with Gasteiger partial charge in [0.05, 0.1) is 12.7 Å². The first kappa shape index (κ1) is 11.5. The SMILES string of the molecule is C[C@H]1OCCN[C@@H]1C(=O)NC(C1CC1)C1CC1. The van der Waals surface area contributed by atoms with E-state index in [4.69, 9.17) is 4.74 Å². The van der Waals surface area contributed by atoms with E-state index in [1.54, 1.807) is 0 Å². The second-order valence-corrected chi connectivity index (χ2v) is 5.72. The molecule has 0 bridgehead atoms. The van der Waals surface area contributed by atoms with Crippen LogP contribution >= 0.6 is 0 Å². The number of rotatable bonds is 4. The summed E-state index contributed by atoms with van der Waals surface area (Å²) < 4.78 is 5.52. The molecule has 0 aromatic rings. The molecule has 96 valence electrons. The predicted molar refractivity (Wildman–Crippen MR) is 64.6 cm³/mol. The Morgan fingerprint density at radius 1 is 1.29 bits per heavy atom. The molecule has 0 spiro atoms. The van der Waals surface area contributed by atoms with E-state index in [1.165, 1.54) is 25.7 Å². The van der Waals surface area contributed by atoms with Crippen LogP contribution in [0.5, 0.6) is 0 Å². The van der Waals surface area contributed by atoms with Crippen LogP contribution in [0.1, 0.15) is 32.6 Å². The molecule has 2 saturated carbocycles. The molecule has 4 nitrogen and oxygen atoms in total. The maximum atomic E-state index is 12.2. The average molecular weight is 238 g/mol. The molecule has 3 aliphatic rings. The summed E-state index contributed by atoms with van der Waals surface area (Å²) in [5.41, 5.74) is 0. The van der Waals surface area contributed by atoms with E-state index < -0.39 is 0 Å². The monoisotopic (exact) mass is 238 g/mol. The Morgan fingerprint density at radius 3 is 2.47 bits per heavy atom. The van der Waals surface area contributed by atoms with E-state index in [0.29, 0.717) is 12.6 Å². The van der Waals surface area contributed by atoms with E-state index in [9.17, 15) is 4.79 Å². The molecule has 17 heavy (non-hydrogen) atoms. The minimum absolute atomic E-state index is 0.0113. The lowest BCUT2D eigenvalue weighted by Crippen LogP contribution is -2.57. The summed E-state index contributed by atoms with van der Waals surface area (Å²) in [6, 6.07) is 0.280. The number of carbonyl (C=O) groups excluding carboxylic acids is 1. The highest BCUT2D eigenvalue weighted by atomic mass is 16.5. The fourth-order valence-corrected chi connectivity index (χ4v) is 2.81. The molecule has 2 atom stereocenters. The van der Waals surface area contributed by atoms with Crippen LogP contribution in [0, 0.1) is 11.8 Å². The second-order valence-electron chi connectivity index (χ2n) is 5.72. The highest BCUT2D eigenvalue weighted by Crippen LogP contribution is 2.44. The van der Waals surface area contributed by atoms with Gasteiger partial charge >= 0.3 is 0 Å². The van der Waals surface area contributed by atoms with Crippen LogP contribution < -0.4 is 10.6 Å². The van der Waals surface area contributed by atoms with Crippen LogP contribution in [-0.4, -0.2) is 37.2 Å². The smallest absolute Gasteiger partial charge is 0.240 e. The van der Waals surface area contributed by atoms with E-state index in [0.717, 1.165) is 18.4 Å². The number of nitrogens with one attached hydrogen (secondary N) is 2. The van der Waals surface area contributed by atoms with Gasteiger partial charge in [-0.25, -0.2) is 0 Å². The van der Waals surface area contributed by atoms with Crippen molar-refractivity contribution in [1.29, 1.82) is 0 Å². The lowest BCUT2D eigenvalue weighted by Gasteiger charge is -2.31. The van der Waals surface area contributed by atoms with Gasteiger partial charge in [0.1, 0.15) is 6.04 Å². The summed E-state index contributed by atoms with van der Waals surface area (Å²) in [6.07, 6.45) is 5.18. The van der Waals surface area contributed by atoms with Crippen molar-refractivity contribution in [3.05, 3.63) is 0 Å². The molecule has 4 heteroatoms. The first-order valence-corrected chi connectivity index (χ1v) is 6.91. The van der Waals surface area contributed by atoms with Crippen LogP contribution in [0.25, 0.3) is 0 Å². The first-order chi connectivity index (χ1) is 8.25. The zero-order chi connectivity index (χ0) is 11.8. The molecule has 1 heterocycles. The molecule has 2 aliphatic carbocycles. The van der Waals surface area contributed by atoms with Crippen molar-refractivity contribution in [2.75, 3.05) is 13.2 Å². The van der Waals surface area contributed by atoms with Crippen LogP contribution in [0.2, 0.25) is 0 Å². The second kappa shape index (κ2) is 4.58. The minimum atomic E-state index is -0.163. The maximum Gasteiger partial charge on any atom is 0.240 e. The van der Waals surface area contributed by atoms with Gasteiger partial charge in [0.2, 0.25) is 5.91 Å². The predicted octanol–water partition coefficient (Wildman–Crippen LogP) is 0.668. The molecule has 1 aliphatic heterocycles. The van der Waals surface area contributed by atoms with E-state index >= 15 is 0 Å². The summed E-state index contributed by atoms with van der Waals surface area (Å²) in [4.78, 5) is 12.2. The van der Waals surface area contributed by atoms with Crippen LogP contribution in [-0.2, 0) is 9.53 Å². The lowest BCUT2D eigenvalue weighted by atomic mass is 10.1. The third-order valence-corrected chi connectivity index (χ3v) is 4.17. The van der Waals surface area contributed by atoms with E-state index in [1.807, 2.05) is 6.92 Å². The largest absolute Gasteiger partial charge is 0.375 e. The van der Waals surface area contributed by atoms with Crippen LogP contribution in [0.4, 0.5) is 0 Å². The van der Waals surface area contributed by atoms with Gasteiger partial charge in [0, 0.05) is 12.6 Å². The van der Waals surface area contributed by atoms with Gasteiger partial charge in [-0.1, -0.05) is 0 Å². The number of amides is 1. The Morgan fingerprint density at radius 2 is 1.94 bits per heavy atom. The highest BCUT2D eigenvalue weighted by molar-refractivity contribution is 5.83.